The molecule has 90 valence electrons. The summed E-state index contributed by atoms with van der Waals surface area (Å²) >= 11 is 0. The van der Waals surface area contributed by atoms with E-state index in [0.717, 1.165) is 32.4 Å². The highest BCUT2D eigenvalue weighted by molar-refractivity contribution is 5.79. The molecule has 0 spiro atoms. The van der Waals surface area contributed by atoms with Crippen molar-refractivity contribution < 1.29 is 4.79 Å². The first kappa shape index (κ1) is 13.0. The average Bonchev–Trinajstić information content (AvgIpc) is 3.04. The first-order valence-corrected chi connectivity index (χ1v) is 6.11. The van der Waals surface area contributed by atoms with Gasteiger partial charge in [-0.15, -0.1) is 0 Å². The Bertz CT molecular complexity index is 268. The Morgan fingerprint density at radius 2 is 2.12 bits per heavy atom. The standard InChI is InChI=1S/C12H21N3O/c1-3-8-14(9-7-13)10-12(16)15(4-2)11-5-6-11/h11H,3-6,8-10H2,1-2H3. The molecule has 0 aromatic carbocycles. The van der Waals surface area contributed by atoms with Gasteiger partial charge in [0.1, 0.15) is 0 Å². The van der Waals surface area contributed by atoms with Crippen LogP contribution in [0.2, 0.25) is 0 Å². The first-order valence-electron chi connectivity index (χ1n) is 6.11. The summed E-state index contributed by atoms with van der Waals surface area (Å²) in [6, 6.07) is 2.59. The quantitative estimate of drug-likeness (QED) is 0.610. The summed E-state index contributed by atoms with van der Waals surface area (Å²) in [5.41, 5.74) is 0. The van der Waals surface area contributed by atoms with Gasteiger partial charge in [-0.05, 0) is 32.7 Å². The van der Waals surface area contributed by atoms with Crippen molar-refractivity contribution in [1.82, 2.24) is 9.80 Å². The van der Waals surface area contributed by atoms with E-state index in [1.54, 1.807) is 0 Å². The lowest BCUT2D eigenvalue weighted by molar-refractivity contribution is -0.132. The molecule has 0 saturated heterocycles. The fourth-order valence-corrected chi connectivity index (χ4v) is 1.94. The monoisotopic (exact) mass is 223 g/mol. The van der Waals surface area contributed by atoms with E-state index in [4.69, 9.17) is 5.26 Å². The van der Waals surface area contributed by atoms with E-state index in [2.05, 4.69) is 13.0 Å². The van der Waals surface area contributed by atoms with Gasteiger partial charge in [0.05, 0.1) is 19.2 Å². The predicted molar refractivity (Wildman–Crippen MR) is 62.8 cm³/mol. The molecule has 0 aliphatic heterocycles. The summed E-state index contributed by atoms with van der Waals surface area (Å²) in [5, 5.41) is 8.68. The minimum Gasteiger partial charge on any atom is -0.339 e. The minimum atomic E-state index is 0.175. The molecule has 0 radical (unpaired) electrons. The van der Waals surface area contributed by atoms with Gasteiger partial charge in [0.15, 0.2) is 0 Å². The highest BCUT2D eigenvalue weighted by Gasteiger charge is 2.31. The maximum atomic E-state index is 12.0. The molecule has 0 bridgehead atoms. The number of hydrogen-bond donors (Lipinski definition) is 0. The zero-order valence-electron chi connectivity index (χ0n) is 10.3. The Hall–Kier alpha value is -1.08. The molecule has 4 heteroatoms. The van der Waals surface area contributed by atoms with Gasteiger partial charge in [-0.25, -0.2) is 0 Å². The van der Waals surface area contributed by atoms with Crippen molar-refractivity contribution in [2.45, 2.75) is 39.2 Å². The smallest absolute Gasteiger partial charge is 0.237 e. The fourth-order valence-electron chi connectivity index (χ4n) is 1.94. The van der Waals surface area contributed by atoms with Crippen molar-refractivity contribution in [2.24, 2.45) is 0 Å². The number of carbonyl (C=O) groups excluding carboxylic acids is 1. The van der Waals surface area contributed by atoms with Gasteiger partial charge in [-0.1, -0.05) is 6.92 Å². The third-order valence-electron chi connectivity index (χ3n) is 2.84. The minimum absolute atomic E-state index is 0.175. The SMILES string of the molecule is CCCN(CC#N)CC(=O)N(CC)C1CC1. The highest BCUT2D eigenvalue weighted by atomic mass is 16.2. The molecule has 1 rings (SSSR count). The lowest BCUT2D eigenvalue weighted by Crippen LogP contribution is -2.41. The maximum Gasteiger partial charge on any atom is 0.237 e. The normalized spacial score (nSPS) is 14.9. The molecule has 0 N–H and O–H groups in total. The second-order valence-electron chi connectivity index (χ2n) is 4.28. The number of rotatable bonds is 7. The Labute approximate surface area is 97.8 Å². The number of hydrogen-bond acceptors (Lipinski definition) is 3. The zero-order valence-corrected chi connectivity index (χ0v) is 10.3. The maximum absolute atomic E-state index is 12.0. The molecule has 0 heterocycles. The summed E-state index contributed by atoms with van der Waals surface area (Å²) in [4.78, 5) is 15.9. The molecule has 16 heavy (non-hydrogen) atoms. The van der Waals surface area contributed by atoms with Crippen LogP contribution in [0.4, 0.5) is 0 Å². The van der Waals surface area contributed by atoms with Crippen molar-refractivity contribution >= 4 is 5.91 Å². The van der Waals surface area contributed by atoms with E-state index >= 15 is 0 Å². The molecule has 1 amide bonds. The third-order valence-corrected chi connectivity index (χ3v) is 2.84. The third kappa shape index (κ3) is 3.82. The molecule has 1 saturated carbocycles. The van der Waals surface area contributed by atoms with Gasteiger partial charge in [0, 0.05) is 12.6 Å². The van der Waals surface area contributed by atoms with E-state index < -0.39 is 0 Å². The Balaban J connectivity index is 2.42. The molecule has 0 aromatic heterocycles. The largest absolute Gasteiger partial charge is 0.339 e. The molecular weight excluding hydrogens is 202 g/mol. The summed E-state index contributed by atoms with van der Waals surface area (Å²) in [6.45, 7) is 6.43. The predicted octanol–water partition coefficient (Wildman–Crippen LogP) is 1.23. The average molecular weight is 223 g/mol. The summed E-state index contributed by atoms with van der Waals surface area (Å²) < 4.78 is 0. The number of amides is 1. The molecule has 0 aromatic rings. The van der Waals surface area contributed by atoms with Crippen LogP contribution in [0.5, 0.6) is 0 Å². The van der Waals surface area contributed by atoms with E-state index in [1.807, 2.05) is 16.7 Å². The Morgan fingerprint density at radius 3 is 2.56 bits per heavy atom. The topological polar surface area (TPSA) is 47.3 Å². The van der Waals surface area contributed by atoms with E-state index in [0.29, 0.717) is 19.1 Å². The molecule has 4 nitrogen and oxygen atoms in total. The summed E-state index contributed by atoms with van der Waals surface area (Å²) in [7, 11) is 0. The van der Waals surface area contributed by atoms with E-state index in [-0.39, 0.29) is 5.91 Å². The van der Waals surface area contributed by atoms with Gasteiger partial charge >= 0.3 is 0 Å². The van der Waals surface area contributed by atoms with Gasteiger partial charge in [-0.2, -0.15) is 5.26 Å². The van der Waals surface area contributed by atoms with Crippen molar-refractivity contribution in [3.63, 3.8) is 0 Å². The van der Waals surface area contributed by atoms with Crippen molar-refractivity contribution in [1.29, 1.82) is 5.26 Å². The van der Waals surface area contributed by atoms with Crippen LogP contribution in [0.1, 0.15) is 33.1 Å². The number of nitrogens with zero attached hydrogens (tertiary/aromatic N) is 3. The summed E-state index contributed by atoms with van der Waals surface area (Å²) in [5.74, 6) is 0.175. The molecular formula is C12H21N3O. The van der Waals surface area contributed by atoms with Crippen LogP contribution in [-0.2, 0) is 4.79 Å². The number of nitriles is 1. The van der Waals surface area contributed by atoms with Crippen LogP contribution in [0.3, 0.4) is 0 Å². The highest BCUT2D eigenvalue weighted by Crippen LogP contribution is 2.26. The van der Waals surface area contributed by atoms with Crippen molar-refractivity contribution in [3.05, 3.63) is 0 Å². The van der Waals surface area contributed by atoms with Gasteiger partial charge < -0.3 is 4.90 Å². The first-order chi connectivity index (χ1) is 7.72. The Kier molecular flexibility index (Phi) is 5.27. The van der Waals surface area contributed by atoms with Crippen molar-refractivity contribution in [2.75, 3.05) is 26.2 Å². The molecule has 1 aliphatic carbocycles. The second-order valence-corrected chi connectivity index (χ2v) is 4.28. The Morgan fingerprint density at radius 1 is 1.44 bits per heavy atom. The van der Waals surface area contributed by atoms with Gasteiger partial charge in [-0.3, -0.25) is 9.69 Å². The molecule has 1 fully saturated rings. The zero-order chi connectivity index (χ0) is 12.0. The van der Waals surface area contributed by atoms with Gasteiger partial charge in [0.2, 0.25) is 5.91 Å². The molecule has 1 aliphatic rings. The van der Waals surface area contributed by atoms with Crippen LogP contribution in [0.15, 0.2) is 0 Å². The lowest BCUT2D eigenvalue weighted by atomic mass is 10.3. The van der Waals surface area contributed by atoms with Crippen molar-refractivity contribution in [3.8, 4) is 6.07 Å². The van der Waals surface area contributed by atoms with Crippen LogP contribution in [-0.4, -0.2) is 47.9 Å². The molecule has 0 unspecified atom stereocenters. The molecule has 0 atom stereocenters. The van der Waals surface area contributed by atoms with E-state index in [1.165, 1.54) is 0 Å². The van der Waals surface area contributed by atoms with E-state index in [9.17, 15) is 4.79 Å². The van der Waals surface area contributed by atoms with Crippen LogP contribution < -0.4 is 0 Å². The second kappa shape index (κ2) is 6.49. The van der Waals surface area contributed by atoms with Crippen LogP contribution in [0.25, 0.3) is 0 Å². The number of carbonyl (C=O) groups is 1. The fraction of sp³-hybridized carbons (Fsp3) is 0.833. The van der Waals surface area contributed by atoms with Crippen LogP contribution >= 0.6 is 0 Å². The van der Waals surface area contributed by atoms with Crippen LogP contribution in [0, 0.1) is 11.3 Å². The van der Waals surface area contributed by atoms with Gasteiger partial charge in [0.25, 0.3) is 0 Å². The summed E-state index contributed by atoms with van der Waals surface area (Å²) in [6.07, 6.45) is 3.27. The number of likely N-dealkylation sites (N-methyl/N-ethyl adjacent to an activating group) is 1. The lowest BCUT2D eigenvalue weighted by Gasteiger charge is -2.24.